The van der Waals surface area contributed by atoms with Gasteiger partial charge >= 0.3 is 0 Å². The molecule has 140 valence electrons. The average molecular weight is 383 g/mol. The highest BCUT2D eigenvalue weighted by Crippen LogP contribution is 2.26. The molecule has 8 heteroatoms. The van der Waals surface area contributed by atoms with Crippen LogP contribution in [0.15, 0.2) is 83.7 Å². The Bertz CT molecular complexity index is 1440. The Kier molecular flexibility index (Phi) is 3.70. The van der Waals surface area contributed by atoms with Crippen LogP contribution in [0.5, 0.6) is 0 Å². The molecule has 0 spiro atoms. The molecule has 0 aliphatic heterocycles. The number of nitrogens with zero attached hydrogens (tertiary/aromatic N) is 5. The zero-order valence-corrected chi connectivity index (χ0v) is 15.0. The normalized spacial score (nSPS) is 11.2. The Morgan fingerprint density at radius 1 is 0.862 bits per heavy atom. The van der Waals surface area contributed by atoms with Gasteiger partial charge in [0.1, 0.15) is 0 Å². The zero-order valence-electron chi connectivity index (χ0n) is 15.0. The molecule has 0 saturated carbocycles. The van der Waals surface area contributed by atoms with Crippen LogP contribution in [-0.2, 0) is 0 Å². The number of aromatic nitrogens is 4. The third kappa shape index (κ3) is 2.66. The van der Waals surface area contributed by atoms with E-state index in [9.17, 15) is 14.9 Å². The quantitative estimate of drug-likeness (QED) is 0.350. The van der Waals surface area contributed by atoms with Crippen molar-refractivity contribution in [3.63, 3.8) is 0 Å². The number of rotatable bonds is 3. The van der Waals surface area contributed by atoms with Crippen LogP contribution < -0.4 is 5.56 Å². The fourth-order valence-electron chi connectivity index (χ4n) is 3.31. The molecular weight excluding hydrogens is 370 g/mol. The van der Waals surface area contributed by atoms with Crippen LogP contribution >= 0.6 is 0 Å². The largest absolute Gasteiger partial charge is 0.283 e. The maximum Gasteiger partial charge on any atom is 0.283 e. The number of fused-ring (bicyclic) bond motifs is 2. The topological polar surface area (TPSA) is 95.3 Å². The monoisotopic (exact) mass is 383 g/mol. The Labute approximate surface area is 163 Å². The van der Waals surface area contributed by atoms with Gasteiger partial charge in [-0.1, -0.05) is 30.3 Å². The van der Waals surface area contributed by atoms with Crippen molar-refractivity contribution in [2.24, 2.45) is 0 Å². The summed E-state index contributed by atoms with van der Waals surface area (Å²) in [5.41, 5.74) is 1.69. The van der Waals surface area contributed by atoms with Crippen molar-refractivity contribution in [2.45, 2.75) is 0 Å². The van der Waals surface area contributed by atoms with Crippen LogP contribution in [0.2, 0.25) is 0 Å². The van der Waals surface area contributed by atoms with Crippen LogP contribution in [0, 0.1) is 10.1 Å². The van der Waals surface area contributed by atoms with Crippen LogP contribution in [0.4, 0.5) is 5.69 Å². The molecule has 3 aromatic carbocycles. The number of hydrogen-bond donors (Lipinski definition) is 0. The third-order valence-corrected chi connectivity index (χ3v) is 4.69. The molecule has 2 aromatic heterocycles. The van der Waals surface area contributed by atoms with Gasteiger partial charge in [-0.15, -0.1) is 5.10 Å². The molecule has 0 bridgehead atoms. The van der Waals surface area contributed by atoms with Crippen molar-refractivity contribution >= 4 is 22.4 Å². The zero-order chi connectivity index (χ0) is 20.0. The maximum atomic E-state index is 13.0. The highest BCUT2D eigenvalue weighted by atomic mass is 16.6. The lowest BCUT2D eigenvalue weighted by molar-refractivity contribution is -0.384. The molecule has 0 N–H and O–H groups in total. The van der Waals surface area contributed by atoms with E-state index in [0.29, 0.717) is 28.1 Å². The second-order valence-corrected chi connectivity index (χ2v) is 6.44. The first-order chi connectivity index (χ1) is 14.1. The second-order valence-electron chi connectivity index (χ2n) is 6.44. The average Bonchev–Trinajstić information content (AvgIpc) is 3.14. The van der Waals surface area contributed by atoms with E-state index in [2.05, 4.69) is 10.1 Å². The lowest BCUT2D eigenvalue weighted by Gasteiger charge is -2.07. The molecular formula is C21H13N5O3. The Hall–Kier alpha value is -4.33. The molecule has 0 amide bonds. The summed E-state index contributed by atoms with van der Waals surface area (Å²) >= 11 is 0. The number of non-ortho nitro benzene ring substituents is 1. The van der Waals surface area contributed by atoms with E-state index in [1.807, 2.05) is 36.4 Å². The van der Waals surface area contributed by atoms with E-state index in [0.717, 1.165) is 5.69 Å². The fraction of sp³-hybridized carbons (Fsp3) is 0. The van der Waals surface area contributed by atoms with E-state index < -0.39 is 4.92 Å². The number of nitro groups is 1. The SMILES string of the molecule is O=c1c2ccccc2nc2n(-c3ccccc3)c(-c3ccc([N+](=O)[O-])cc3)nn12. The third-order valence-electron chi connectivity index (χ3n) is 4.69. The Balaban J connectivity index is 1.87. The molecule has 0 fully saturated rings. The lowest BCUT2D eigenvalue weighted by Crippen LogP contribution is -2.16. The molecule has 0 saturated heterocycles. The van der Waals surface area contributed by atoms with E-state index in [4.69, 9.17) is 0 Å². The van der Waals surface area contributed by atoms with Crippen LogP contribution in [0.25, 0.3) is 33.8 Å². The highest BCUT2D eigenvalue weighted by molar-refractivity contribution is 5.79. The van der Waals surface area contributed by atoms with Gasteiger partial charge in [0.25, 0.3) is 11.2 Å². The molecule has 5 aromatic rings. The first-order valence-electron chi connectivity index (χ1n) is 8.84. The van der Waals surface area contributed by atoms with Gasteiger partial charge in [-0.25, -0.2) is 4.98 Å². The van der Waals surface area contributed by atoms with Crippen molar-refractivity contribution in [1.82, 2.24) is 19.2 Å². The van der Waals surface area contributed by atoms with Gasteiger partial charge in [0.05, 0.1) is 21.5 Å². The maximum absolute atomic E-state index is 13.0. The lowest BCUT2D eigenvalue weighted by atomic mass is 10.2. The van der Waals surface area contributed by atoms with Crippen molar-refractivity contribution in [3.05, 3.63) is 99.3 Å². The van der Waals surface area contributed by atoms with Crippen molar-refractivity contribution in [3.8, 4) is 17.1 Å². The molecule has 0 aliphatic rings. The standard InChI is InChI=1S/C21H13N5O3/c27-20-17-8-4-5-9-18(17)22-21-24(15-6-2-1-3-7-15)19(23-25(20)21)14-10-12-16(13-11-14)26(28)29/h1-13H. The highest BCUT2D eigenvalue weighted by Gasteiger charge is 2.19. The summed E-state index contributed by atoms with van der Waals surface area (Å²) in [5.74, 6) is 0.833. The summed E-state index contributed by atoms with van der Waals surface area (Å²) in [6, 6.07) is 22.6. The van der Waals surface area contributed by atoms with E-state index in [1.165, 1.54) is 16.6 Å². The molecule has 0 aliphatic carbocycles. The number of nitro benzene ring substituents is 1. The van der Waals surface area contributed by atoms with Gasteiger partial charge in [0.15, 0.2) is 5.82 Å². The summed E-state index contributed by atoms with van der Waals surface area (Å²) in [4.78, 5) is 28.2. The van der Waals surface area contributed by atoms with Crippen molar-refractivity contribution < 1.29 is 4.92 Å². The van der Waals surface area contributed by atoms with Gasteiger partial charge in [-0.3, -0.25) is 19.5 Å². The van der Waals surface area contributed by atoms with E-state index in [1.54, 1.807) is 34.9 Å². The minimum absolute atomic E-state index is 0.0165. The number of para-hydroxylation sites is 2. The smallest absolute Gasteiger partial charge is 0.267 e. The number of benzene rings is 3. The van der Waals surface area contributed by atoms with Gasteiger partial charge in [0, 0.05) is 17.7 Å². The Morgan fingerprint density at radius 3 is 2.28 bits per heavy atom. The minimum Gasteiger partial charge on any atom is -0.267 e. The van der Waals surface area contributed by atoms with Gasteiger partial charge < -0.3 is 0 Å². The summed E-state index contributed by atoms with van der Waals surface area (Å²) in [5, 5.41) is 16.0. The summed E-state index contributed by atoms with van der Waals surface area (Å²) in [6.07, 6.45) is 0. The van der Waals surface area contributed by atoms with Gasteiger partial charge in [-0.2, -0.15) is 4.52 Å². The molecule has 0 atom stereocenters. The molecule has 5 rings (SSSR count). The Morgan fingerprint density at radius 2 is 1.55 bits per heavy atom. The van der Waals surface area contributed by atoms with Crippen molar-refractivity contribution in [1.29, 1.82) is 0 Å². The number of hydrogen-bond acceptors (Lipinski definition) is 5. The predicted molar refractivity (Wildman–Crippen MR) is 108 cm³/mol. The molecule has 2 heterocycles. The van der Waals surface area contributed by atoms with Crippen molar-refractivity contribution in [2.75, 3.05) is 0 Å². The minimum atomic E-state index is -0.456. The van der Waals surface area contributed by atoms with E-state index >= 15 is 0 Å². The summed E-state index contributed by atoms with van der Waals surface area (Å²) < 4.78 is 3.04. The fourth-order valence-corrected chi connectivity index (χ4v) is 3.31. The summed E-state index contributed by atoms with van der Waals surface area (Å²) in [7, 11) is 0. The first-order valence-corrected chi connectivity index (χ1v) is 8.84. The second kappa shape index (κ2) is 6.38. The first kappa shape index (κ1) is 16.8. The molecule has 29 heavy (non-hydrogen) atoms. The van der Waals surface area contributed by atoms with Gasteiger partial charge in [-0.05, 0) is 36.4 Å². The van der Waals surface area contributed by atoms with Crippen LogP contribution in [-0.4, -0.2) is 24.1 Å². The van der Waals surface area contributed by atoms with E-state index in [-0.39, 0.29) is 11.2 Å². The van der Waals surface area contributed by atoms with Gasteiger partial charge in [0.2, 0.25) is 5.78 Å². The summed E-state index contributed by atoms with van der Waals surface area (Å²) in [6.45, 7) is 0. The molecule has 0 unspecified atom stereocenters. The van der Waals surface area contributed by atoms with Crippen LogP contribution in [0.3, 0.4) is 0 Å². The van der Waals surface area contributed by atoms with Crippen LogP contribution in [0.1, 0.15) is 0 Å². The molecule has 0 radical (unpaired) electrons. The predicted octanol–water partition coefficient (Wildman–Crippen LogP) is 3.61. The molecule has 8 nitrogen and oxygen atoms in total.